The highest BCUT2D eigenvalue weighted by Gasteiger charge is 2.42. The van der Waals surface area contributed by atoms with Crippen LogP contribution in [0, 0.1) is 5.92 Å². The summed E-state index contributed by atoms with van der Waals surface area (Å²) >= 11 is 0. The van der Waals surface area contributed by atoms with Crippen molar-refractivity contribution in [3.8, 4) is 0 Å². The molecule has 1 N–H and O–H groups in total. The zero-order chi connectivity index (χ0) is 21.5. The third-order valence-corrected chi connectivity index (χ3v) is 6.62. The number of amides is 1. The van der Waals surface area contributed by atoms with Crippen molar-refractivity contribution in [3.05, 3.63) is 22.3 Å². The fourth-order valence-corrected chi connectivity index (χ4v) is 4.22. The van der Waals surface area contributed by atoms with Crippen molar-refractivity contribution < 1.29 is 24.3 Å². The molecule has 1 heterocycles. The topological polar surface area (TPSA) is 95.0 Å². The maximum atomic E-state index is 12.8. The van der Waals surface area contributed by atoms with Crippen molar-refractivity contribution in [2.24, 2.45) is 5.92 Å². The first kappa shape index (κ1) is 21.6. The SMILES string of the molecule is CC1=C(C)C(=O)C(CC(N2CCN(C(=O)C3CC3)CC2)C(C)(O)C=O)=C(C)C1=O. The van der Waals surface area contributed by atoms with E-state index in [9.17, 15) is 24.3 Å². The van der Waals surface area contributed by atoms with E-state index in [1.807, 2.05) is 9.80 Å². The highest BCUT2D eigenvalue weighted by atomic mass is 16.3. The van der Waals surface area contributed by atoms with Crippen molar-refractivity contribution >= 4 is 23.8 Å². The van der Waals surface area contributed by atoms with Gasteiger partial charge in [0.05, 0.1) is 0 Å². The van der Waals surface area contributed by atoms with Gasteiger partial charge < -0.3 is 14.8 Å². The average molecular weight is 402 g/mol. The van der Waals surface area contributed by atoms with Gasteiger partial charge in [0, 0.05) is 60.4 Å². The molecule has 0 spiro atoms. The molecular weight excluding hydrogens is 372 g/mol. The number of hydrogen-bond donors (Lipinski definition) is 1. The van der Waals surface area contributed by atoms with E-state index in [1.165, 1.54) is 6.92 Å². The Hall–Kier alpha value is -2.12. The molecule has 0 aromatic heterocycles. The van der Waals surface area contributed by atoms with Gasteiger partial charge in [0.25, 0.3) is 0 Å². The van der Waals surface area contributed by atoms with Gasteiger partial charge in [-0.3, -0.25) is 19.3 Å². The number of ketones is 2. The second-order valence-electron chi connectivity index (χ2n) is 8.71. The predicted molar refractivity (Wildman–Crippen MR) is 107 cm³/mol. The molecule has 0 aromatic carbocycles. The minimum Gasteiger partial charge on any atom is -0.381 e. The first-order valence-electron chi connectivity index (χ1n) is 10.3. The Kier molecular flexibility index (Phi) is 5.92. The minimum atomic E-state index is -1.68. The van der Waals surface area contributed by atoms with E-state index in [4.69, 9.17) is 0 Å². The molecular formula is C22H30N2O5. The standard InChI is InChI=1S/C22H30N2O5/c1-13-14(2)20(27)17(15(3)19(13)26)11-18(22(4,29)12-25)23-7-9-24(10-8-23)21(28)16-5-6-16/h12,16,18,29H,5-11H2,1-4H3. The minimum absolute atomic E-state index is 0.114. The lowest BCUT2D eigenvalue weighted by atomic mass is 9.80. The van der Waals surface area contributed by atoms with Crippen LogP contribution in [0.5, 0.6) is 0 Å². The van der Waals surface area contributed by atoms with Crippen molar-refractivity contribution in [1.82, 2.24) is 9.80 Å². The molecule has 1 saturated carbocycles. The van der Waals surface area contributed by atoms with Gasteiger partial charge in [0.1, 0.15) is 5.60 Å². The number of nitrogens with zero attached hydrogens (tertiary/aromatic N) is 2. The van der Waals surface area contributed by atoms with Crippen LogP contribution in [0.2, 0.25) is 0 Å². The fourth-order valence-electron chi connectivity index (χ4n) is 4.22. The van der Waals surface area contributed by atoms with Gasteiger partial charge in [-0.15, -0.1) is 0 Å². The number of aliphatic hydroxyl groups is 1. The summed E-state index contributed by atoms with van der Waals surface area (Å²) in [7, 11) is 0. The van der Waals surface area contributed by atoms with E-state index in [-0.39, 0.29) is 29.8 Å². The summed E-state index contributed by atoms with van der Waals surface area (Å²) in [5, 5.41) is 10.8. The molecule has 2 atom stereocenters. The molecule has 3 aliphatic rings. The Labute approximate surface area is 171 Å². The first-order valence-corrected chi connectivity index (χ1v) is 10.3. The second kappa shape index (κ2) is 7.95. The lowest BCUT2D eigenvalue weighted by Gasteiger charge is -2.43. The van der Waals surface area contributed by atoms with E-state index in [0.29, 0.717) is 54.8 Å². The summed E-state index contributed by atoms with van der Waals surface area (Å²) in [6, 6.07) is -0.647. The molecule has 7 heteroatoms. The monoisotopic (exact) mass is 402 g/mol. The van der Waals surface area contributed by atoms with Crippen LogP contribution in [0.4, 0.5) is 0 Å². The summed E-state index contributed by atoms with van der Waals surface area (Å²) in [6.45, 7) is 8.43. The zero-order valence-electron chi connectivity index (χ0n) is 17.7. The van der Waals surface area contributed by atoms with Crippen molar-refractivity contribution in [1.29, 1.82) is 0 Å². The molecule has 29 heavy (non-hydrogen) atoms. The van der Waals surface area contributed by atoms with Crippen molar-refractivity contribution in [3.63, 3.8) is 0 Å². The van der Waals surface area contributed by atoms with Crippen molar-refractivity contribution in [2.45, 2.75) is 58.6 Å². The number of carbonyl (C=O) groups excluding carboxylic acids is 4. The van der Waals surface area contributed by atoms with Gasteiger partial charge in [-0.05, 0) is 47.0 Å². The summed E-state index contributed by atoms with van der Waals surface area (Å²) < 4.78 is 0. The van der Waals surface area contributed by atoms with Crippen LogP contribution in [0.3, 0.4) is 0 Å². The molecule has 0 aromatic rings. The second-order valence-corrected chi connectivity index (χ2v) is 8.71. The smallest absolute Gasteiger partial charge is 0.225 e. The number of rotatable bonds is 6. The number of hydrogen-bond acceptors (Lipinski definition) is 6. The van der Waals surface area contributed by atoms with Crippen LogP contribution >= 0.6 is 0 Å². The molecule has 7 nitrogen and oxygen atoms in total. The van der Waals surface area contributed by atoms with Gasteiger partial charge in [-0.2, -0.15) is 0 Å². The van der Waals surface area contributed by atoms with Crippen LogP contribution in [-0.2, 0) is 19.2 Å². The first-order chi connectivity index (χ1) is 13.6. The van der Waals surface area contributed by atoms with E-state index >= 15 is 0 Å². The third-order valence-electron chi connectivity index (χ3n) is 6.62. The highest BCUT2D eigenvalue weighted by molar-refractivity contribution is 6.24. The maximum Gasteiger partial charge on any atom is 0.225 e. The normalized spacial score (nSPS) is 24.7. The zero-order valence-corrected chi connectivity index (χ0v) is 17.7. The Morgan fingerprint density at radius 3 is 2.14 bits per heavy atom. The highest BCUT2D eigenvalue weighted by Crippen LogP contribution is 2.33. The summed E-state index contributed by atoms with van der Waals surface area (Å²) in [5.74, 6) is -0.0198. The van der Waals surface area contributed by atoms with Gasteiger partial charge in [0.15, 0.2) is 17.9 Å². The molecule has 158 valence electrons. The molecule has 1 saturated heterocycles. The molecule has 2 unspecified atom stereocenters. The van der Waals surface area contributed by atoms with E-state index in [2.05, 4.69) is 0 Å². The molecule has 0 radical (unpaired) electrons. The number of aldehydes is 1. The number of Topliss-reactive ketones (excluding diaryl/α,β-unsaturated/α-hetero) is 2. The van der Waals surface area contributed by atoms with Crippen LogP contribution in [0.25, 0.3) is 0 Å². The quantitative estimate of drug-likeness (QED) is 0.527. The molecule has 2 aliphatic carbocycles. The lowest BCUT2D eigenvalue weighted by Crippen LogP contribution is -2.59. The largest absolute Gasteiger partial charge is 0.381 e. The number of piperazine rings is 1. The lowest BCUT2D eigenvalue weighted by molar-refractivity contribution is -0.138. The van der Waals surface area contributed by atoms with Gasteiger partial charge >= 0.3 is 0 Å². The van der Waals surface area contributed by atoms with Gasteiger partial charge in [-0.1, -0.05) is 0 Å². The Balaban J connectivity index is 1.80. The van der Waals surface area contributed by atoms with E-state index < -0.39 is 11.6 Å². The molecule has 2 fully saturated rings. The number of carbonyl (C=O) groups is 4. The predicted octanol–water partition coefficient (Wildman–Crippen LogP) is 1.05. The van der Waals surface area contributed by atoms with Gasteiger partial charge in [0.2, 0.25) is 5.91 Å². The summed E-state index contributed by atoms with van der Waals surface area (Å²) in [4.78, 5) is 53.1. The van der Waals surface area contributed by atoms with Crippen molar-refractivity contribution in [2.75, 3.05) is 26.2 Å². The molecule has 0 bridgehead atoms. The van der Waals surface area contributed by atoms with Gasteiger partial charge in [-0.25, -0.2) is 0 Å². The third kappa shape index (κ3) is 4.12. The Bertz CT molecular complexity index is 811. The molecule has 1 amide bonds. The Morgan fingerprint density at radius 1 is 1.07 bits per heavy atom. The van der Waals surface area contributed by atoms with Crippen LogP contribution in [0.15, 0.2) is 22.3 Å². The van der Waals surface area contributed by atoms with E-state index in [1.54, 1.807) is 20.8 Å². The summed E-state index contributed by atoms with van der Waals surface area (Å²) in [5.41, 5.74) is -0.0696. The molecule has 3 rings (SSSR count). The maximum absolute atomic E-state index is 12.8. The van der Waals surface area contributed by atoms with E-state index in [0.717, 1.165) is 12.8 Å². The van der Waals surface area contributed by atoms with Crippen LogP contribution < -0.4 is 0 Å². The van der Waals surface area contributed by atoms with Crippen LogP contribution in [-0.4, -0.2) is 76.5 Å². The molecule has 1 aliphatic heterocycles. The summed E-state index contributed by atoms with van der Waals surface area (Å²) in [6.07, 6.45) is 2.52. The Morgan fingerprint density at radius 2 is 1.62 bits per heavy atom. The average Bonchev–Trinajstić information content (AvgIpc) is 3.56. The fraction of sp³-hybridized carbons (Fsp3) is 0.636. The van der Waals surface area contributed by atoms with Crippen LogP contribution in [0.1, 0.15) is 47.0 Å². The number of allylic oxidation sites excluding steroid dienone is 3.